The summed E-state index contributed by atoms with van der Waals surface area (Å²) in [6.07, 6.45) is 2.53. The van der Waals surface area contributed by atoms with E-state index in [1.165, 1.54) is 6.07 Å². The lowest BCUT2D eigenvalue weighted by Gasteiger charge is -2.27. The van der Waals surface area contributed by atoms with Crippen LogP contribution in [0.15, 0.2) is 50.5 Å². The van der Waals surface area contributed by atoms with Gasteiger partial charge in [-0.15, -0.1) is 0 Å². The summed E-state index contributed by atoms with van der Waals surface area (Å²) in [7, 11) is 1.76. The second kappa shape index (κ2) is 6.71. The van der Waals surface area contributed by atoms with Gasteiger partial charge in [0.2, 0.25) is 5.56 Å². The SMILES string of the molecule is Cn1c2c(ccc1=O)C(NC(=O)c1cccc(-c3noc(=O)[nH]3)c1)CCC2. The molecule has 1 aliphatic carbocycles. The van der Waals surface area contributed by atoms with Gasteiger partial charge in [0.1, 0.15) is 0 Å². The van der Waals surface area contributed by atoms with E-state index in [1.54, 1.807) is 41.9 Å². The molecule has 0 spiro atoms. The van der Waals surface area contributed by atoms with Crippen LogP contribution in [-0.2, 0) is 13.5 Å². The van der Waals surface area contributed by atoms with E-state index in [-0.39, 0.29) is 23.3 Å². The van der Waals surface area contributed by atoms with Crippen LogP contribution >= 0.6 is 0 Å². The highest BCUT2D eigenvalue weighted by Crippen LogP contribution is 2.29. The van der Waals surface area contributed by atoms with Crippen LogP contribution in [0.2, 0.25) is 0 Å². The van der Waals surface area contributed by atoms with Gasteiger partial charge < -0.3 is 9.88 Å². The number of carbonyl (C=O) groups is 1. The van der Waals surface area contributed by atoms with Crippen LogP contribution in [0, 0.1) is 0 Å². The molecule has 1 unspecified atom stereocenters. The number of H-pyrrole nitrogens is 1. The van der Waals surface area contributed by atoms with Crippen molar-refractivity contribution in [3.63, 3.8) is 0 Å². The number of hydrogen-bond donors (Lipinski definition) is 2. The molecular formula is C19H18N4O4. The maximum atomic E-state index is 12.8. The third-order valence-corrected chi connectivity index (χ3v) is 4.90. The van der Waals surface area contributed by atoms with Gasteiger partial charge in [0.25, 0.3) is 5.91 Å². The number of fused-ring (bicyclic) bond motifs is 1. The number of hydrogen-bond acceptors (Lipinski definition) is 5. The van der Waals surface area contributed by atoms with Crippen molar-refractivity contribution >= 4 is 5.91 Å². The van der Waals surface area contributed by atoms with E-state index in [9.17, 15) is 14.4 Å². The van der Waals surface area contributed by atoms with Crippen LogP contribution in [0.3, 0.4) is 0 Å². The molecule has 0 saturated carbocycles. The summed E-state index contributed by atoms with van der Waals surface area (Å²) in [5, 5.41) is 6.69. The van der Waals surface area contributed by atoms with Crippen molar-refractivity contribution in [3.8, 4) is 11.4 Å². The van der Waals surface area contributed by atoms with Crippen LogP contribution in [-0.4, -0.2) is 20.6 Å². The van der Waals surface area contributed by atoms with Crippen LogP contribution in [0.1, 0.15) is 40.5 Å². The summed E-state index contributed by atoms with van der Waals surface area (Å²) in [5.74, 6) is -0.605. The quantitative estimate of drug-likeness (QED) is 0.731. The van der Waals surface area contributed by atoms with Gasteiger partial charge in [0.15, 0.2) is 5.82 Å². The Morgan fingerprint density at radius 1 is 1.30 bits per heavy atom. The number of nitrogens with zero attached hydrogens (tertiary/aromatic N) is 2. The monoisotopic (exact) mass is 366 g/mol. The zero-order valence-corrected chi connectivity index (χ0v) is 14.7. The highest BCUT2D eigenvalue weighted by Gasteiger charge is 2.24. The zero-order valence-electron chi connectivity index (χ0n) is 14.7. The van der Waals surface area contributed by atoms with E-state index >= 15 is 0 Å². The summed E-state index contributed by atoms with van der Waals surface area (Å²) in [6, 6.07) is 9.98. The van der Waals surface area contributed by atoms with Crippen molar-refractivity contribution in [1.82, 2.24) is 20.0 Å². The second-order valence-electron chi connectivity index (χ2n) is 6.58. The molecule has 2 heterocycles. The molecule has 2 aromatic heterocycles. The fourth-order valence-corrected chi connectivity index (χ4v) is 3.51. The van der Waals surface area contributed by atoms with Crippen LogP contribution in [0.25, 0.3) is 11.4 Å². The molecule has 0 aliphatic heterocycles. The summed E-state index contributed by atoms with van der Waals surface area (Å²) in [6.45, 7) is 0. The molecule has 1 atom stereocenters. The Bertz CT molecular complexity index is 1120. The largest absolute Gasteiger partial charge is 0.439 e. The second-order valence-corrected chi connectivity index (χ2v) is 6.58. The third kappa shape index (κ3) is 3.21. The zero-order chi connectivity index (χ0) is 19.0. The molecule has 27 heavy (non-hydrogen) atoms. The summed E-state index contributed by atoms with van der Waals surface area (Å²) < 4.78 is 6.16. The van der Waals surface area contributed by atoms with E-state index in [0.717, 1.165) is 30.5 Å². The molecule has 1 aliphatic rings. The summed E-state index contributed by atoms with van der Waals surface area (Å²) >= 11 is 0. The predicted octanol–water partition coefficient (Wildman–Crippen LogP) is 1.54. The van der Waals surface area contributed by atoms with Crippen molar-refractivity contribution in [1.29, 1.82) is 0 Å². The van der Waals surface area contributed by atoms with E-state index in [2.05, 4.69) is 20.0 Å². The molecule has 8 heteroatoms. The number of benzene rings is 1. The van der Waals surface area contributed by atoms with Gasteiger partial charge >= 0.3 is 5.76 Å². The summed E-state index contributed by atoms with van der Waals surface area (Å²) in [4.78, 5) is 38.2. The minimum absolute atomic E-state index is 0.0463. The highest BCUT2D eigenvalue weighted by molar-refractivity contribution is 5.95. The van der Waals surface area contributed by atoms with Crippen molar-refractivity contribution in [2.24, 2.45) is 7.05 Å². The molecular weight excluding hydrogens is 348 g/mol. The van der Waals surface area contributed by atoms with Crippen LogP contribution < -0.4 is 16.6 Å². The average molecular weight is 366 g/mol. The standard InChI is InChI=1S/C19H18N4O4/c1-23-15-7-3-6-14(13(15)8-9-16(23)24)20-18(25)12-5-2-4-11(10-12)17-21-19(26)27-22-17/h2,4-5,8-10,14H,3,6-7H2,1H3,(H,20,25)(H,21,22,26). The van der Waals surface area contributed by atoms with Crippen LogP contribution in [0.4, 0.5) is 0 Å². The minimum atomic E-state index is -0.649. The van der Waals surface area contributed by atoms with E-state index in [0.29, 0.717) is 11.1 Å². The Morgan fingerprint density at radius 2 is 2.15 bits per heavy atom. The minimum Gasteiger partial charge on any atom is -0.345 e. The average Bonchev–Trinajstić information content (AvgIpc) is 3.12. The molecule has 0 radical (unpaired) electrons. The maximum Gasteiger partial charge on any atom is 0.439 e. The maximum absolute atomic E-state index is 12.8. The number of pyridine rings is 1. The first-order valence-corrected chi connectivity index (χ1v) is 8.69. The van der Waals surface area contributed by atoms with Gasteiger partial charge in [-0.05, 0) is 43.0 Å². The van der Waals surface area contributed by atoms with Gasteiger partial charge in [0, 0.05) is 29.9 Å². The molecule has 1 aromatic carbocycles. The number of aromatic amines is 1. The summed E-state index contributed by atoms with van der Waals surface area (Å²) in [5.41, 5.74) is 2.94. The number of amides is 1. The fourth-order valence-electron chi connectivity index (χ4n) is 3.51. The van der Waals surface area contributed by atoms with Gasteiger partial charge in [-0.25, -0.2) is 4.79 Å². The number of nitrogens with one attached hydrogen (secondary N) is 2. The molecule has 1 amide bonds. The Hall–Kier alpha value is -3.42. The van der Waals surface area contributed by atoms with Crippen molar-refractivity contribution in [3.05, 3.63) is 74.1 Å². The predicted molar refractivity (Wildman–Crippen MR) is 97.4 cm³/mol. The smallest absolute Gasteiger partial charge is 0.345 e. The van der Waals surface area contributed by atoms with Crippen LogP contribution in [0.5, 0.6) is 0 Å². The normalized spacial score (nSPS) is 16.0. The van der Waals surface area contributed by atoms with Crippen molar-refractivity contribution in [2.75, 3.05) is 0 Å². The first kappa shape index (κ1) is 17.0. The van der Waals surface area contributed by atoms with E-state index in [4.69, 9.17) is 0 Å². The lowest BCUT2D eigenvalue weighted by atomic mass is 9.90. The Balaban J connectivity index is 1.60. The molecule has 0 fully saturated rings. The van der Waals surface area contributed by atoms with Gasteiger partial charge in [-0.3, -0.25) is 19.1 Å². The number of aromatic nitrogens is 3. The highest BCUT2D eigenvalue weighted by atomic mass is 16.5. The van der Waals surface area contributed by atoms with Crippen molar-refractivity contribution in [2.45, 2.75) is 25.3 Å². The van der Waals surface area contributed by atoms with E-state index in [1.807, 2.05) is 0 Å². The van der Waals surface area contributed by atoms with Crippen molar-refractivity contribution < 1.29 is 9.32 Å². The molecule has 3 aromatic rings. The van der Waals surface area contributed by atoms with Gasteiger partial charge in [-0.2, -0.15) is 0 Å². The van der Waals surface area contributed by atoms with E-state index < -0.39 is 5.76 Å². The lowest BCUT2D eigenvalue weighted by Crippen LogP contribution is -2.33. The molecule has 8 nitrogen and oxygen atoms in total. The fraction of sp³-hybridized carbons (Fsp3) is 0.263. The number of rotatable bonds is 3. The lowest BCUT2D eigenvalue weighted by molar-refractivity contribution is 0.0932. The number of carbonyl (C=O) groups excluding carboxylic acids is 1. The third-order valence-electron chi connectivity index (χ3n) is 4.90. The first-order chi connectivity index (χ1) is 13.0. The first-order valence-electron chi connectivity index (χ1n) is 8.69. The Kier molecular flexibility index (Phi) is 4.23. The van der Waals surface area contributed by atoms with Gasteiger partial charge in [0.05, 0.1) is 6.04 Å². The van der Waals surface area contributed by atoms with Gasteiger partial charge in [-0.1, -0.05) is 17.3 Å². The topological polar surface area (TPSA) is 110 Å². The Labute approximate surface area is 153 Å². The molecule has 0 saturated heterocycles. The molecule has 4 rings (SSSR count). The molecule has 138 valence electrons. The molecule has 0 bridgehead atoms. The molecule has 2 N–H and O–H groups in total. The Morgan fingerprint density at radius 3 is 2.93 bits per heavy atom.